The van der Waals surface area contributed by atoms with E-state index in [2.05, 4.69) is 144 Å². The molecule has 3 atom stereocenters. The molecule has 2 aromatic heterocycles. The minimum absolute atomic E-state index is 0.00164. The van der Waals surface area contributed by atoms with Crippen LogP contribution in [-0.4, -0.2) is 108 Å². The van der Waals surface area contributed by atoms with E-state index in [1.807, 2.05) is 42.5 Å². The normalized spacial score (nSPS) is 18.9. The highest BCUT2D eigenvalue weighted by Crippen LogP contribution is 2.49. The molecule has 0 spiro atoms. The van der Waals surface area contributed by atoms with Gasteiger partial charge in [-0.2, -0.15) is 9.97 Å². The molecule has 0 N–H and O–H groups in total. The summed E-state index contributed by atoms with van der Waals surface area (Å²) in [6.07, 6.45) is -1.96. The summed E-state index contributed by atoms with van der Waals surface area (Å²) < 4.78 is 110. The first-order chi connectivity index (χ1) is 39.7. The third-order valence-electron chi connectivity index (χ3n) is 19.2. The average Bonchev–Trinajstić information content (AvgIpc) is 1.01. The topological polar surface area (TPSA) is 82.1 Å². The van der Waals surface area contributed by atoms with Gasteiger partial charge in [-0.05, 0) is 98.1 Å². The van der Waals surface area contributed by atoms with Gasteiger partial charge in [0.05, 0.1) is 23.7 Å². The number of rotatable bonds is 20. The van der Waals surface area contributed by atoms with Crippen molar-refractivity contribution in [2.75, 3.05) is 44.4 Å². The molecular formula is C67H88F5N5O4Si3. The molecule has 0 bridgehead atoms. The van der Waals surface area contributed by atoms with E-state index in [1.165, 1.54) is 11.0 Å². The lowest BCUT2D eigenvalue weighted by Crippen LogP contribution is -2.66. The van der Waals surface area contributed by atoms with Gasteiger partial charge in [0.25, 0.3) is 23.1 Å². The zero-order valence-electron chi connectivity index (χ0n) is 52.1. The zero-order chi connectivity index (χ0) is 60.8. The molecule has 3 aliphatic heterocycles. The van der Waals surface area contributed by atoms with Gasteiger partial charge >= 0.3 is 6.01 Å². The van der Waals surface area contributed by atoms with Gasteiger partial charge in [-0.3, -0.25) is 4.90 Å². The predicted molar refractivity (Wildman–Crippen MR) is 339 cm³/mol. The highest BCUT2D eigenvalue weighted by molar-refractivity contribution is 6.99. The number of alkyl halides is 3. The summed E-state index contributed by atoms with van der Waals surface area (Å²) in [5, 5.41) is 2.66. The summed E-state index contributed by atoms with van der Waals surface area (Å²) >= 11 is 0. The molecule has 0 amide bonds. The van der Waals surface area contributed by atoms with Crippen LogP contribution in [0.5, 0.6) is 17.6 Å². The summed E-state index contributed by atoms with van der Waals surface area (Å²) in [6.45, 7) is 33.0. The second-order valence-corrected chi connectivity index (χ2v) is 42.1. The molecule has 2 fully saturated rings. The van der Waals surface area contributed by atoms with Crippen LogP contribution in [0.4, 0.5) is 27.8 Å². The minimum Gasteiger partial charge on any atom is -0.543 e. The molecular weight excluding hydrogens is 1120 g/mol. The molecule has 0 radical (unpaired) electrons. The number of hydrogen-bond acceptors (Lipinski definition) is 9. The maximum atomic E-state index is 18.9. The van der Waals surface area contributed by atoms with E-state index in [0.717, 1.165) is 16.8 Å². The van der Waals surface area contributed by atoms with Gasteiger partial charge < -0.3 is 23.2 Å². The van der Waals surface area contributed by atoms with Crippen molar-refractivity contribution in [2.45, 2.75) is 192 Å². The van der Waals surface area contributed by atoms with Gasteiger partial charge in [-0.25, -0.2) is 26.9 Å². The number of hydrogen-bond donors (Lipinski definition) is 0. The Morgan fingerprint density at radius 2 is 1.39 bits per heavy atom. The Bertz CT molecular complexity index is 3290. The summed E-state index contributed by atoms with van der Waals surface area (Å²) in [4.78, 5) is 18.4. The lowest BCUT2D eigenvalue weighted by molar-refractivity contribution is 0.107. The molecule has 84 heavy (non-hydrogen) atoms. The van der Waals surface area contributed by atoms with Crippen LogP contribution in [0, 0.1) is 23.1 Å². The number of benzene rings is 4. The first-order valence-corrected chi connectivity index (χ1v) is 36.8. The number of aromatic nitrogens is 3. The lowest BCUT2D eigenvalue weighted by atomic mass is 9.95. The summed E-state index contributed by atoms with van der Waals surface area (Å²) in [7, 11) is -8.25. The van der Waals surface area contributed by atoms with Crippen LogP contribution in [0.1, 0.15) is 135 Å². The van der Waals surface area contributed by atoms with E-state index < -0.39 is 67.1 Å². The summed E-state index contributed by atoms with van der Waals surface area (Å²) in [5.41, 5.74) is 4.16. The molecule has 17 heteroatoms. The second kappa shape index (κ2) is 24.8. The smallest absolute Gasteiger partial charge is 0.319 e. The number of anilines is 1. The van der Waals surface area contributed by atoms with E-state index >= 15 is 22.0 Å². The van der Waals surface area contributed by atoms with Crippen molar-refractivity contribution in [3.63, 3.8) is 0 Å². The standard InChI is InChI=1S/C67H88F5N5O4Si3/c1-42(2)82(43(3)4,44(5)6)34-30-54-56(69)28-27-48-35-51(81-83(45(7)8,46(9)10)47(11)12)36-55(58(48)54)61-60(72)62-59-63(75-65(74-62)79-41-67-31-22-32-76(67)38-49(68)37-67)77(39-57(70)71)50(40-78-64(59)73-61)29-33-80-84(66(13,14)15,52-23-18-16-19-24-52)53-25-20-17-21-26-53/h16-21,23-28,35-36,42-47,49-50,57H,22,29,31-33,37-41H2,1-15H3/t49-,50+,67+/m1/s1. The Labute approximate surface area is 499 Å². The van der Waals surface area contributed by atoms with E-state index in [9.17, 15) is 0 Å². The number of halogens is 5. The Hall–Kier alpha value is -5.39. The third-order valence-corrected chi connectivity index (χ3v) is 36.5. The van der Waals surface area contributed by atoms with E-state index in [1.54, 1.807) is 12.1 Å². The number of pyridine rings is 1. The lowest BCUT2D eigenvalue weighted by Gasteiger charge is -2.43. The van der Waals surface area contributed by atoms with Gasteiger partial charge in [0.15, 0.2) is 5.82 Å². The molecule has 0 aliphatic carbocycles. The zero-order valence-corrected chi connectivity index (χ0v) is 55.1. The fourth-order valence-electron chi connectivity index (χ4n) is 15.4. The molecule has 3 aliphatic rings. The fourth-order valence-corrected chi connectivity index (χ4v) is 30.4. The molecule has 9 rings (SSSR count). The SMILES string of the molecule is CC(C)[Si](C#Cc1c(F)ccc2cc(O[Si](C(C)C)(C(C)C)C(C)C)cc(-c3nc4c5c(nc(OC[C@@]67CCCN6C[C@H](F)C7)nc5c3F)N(CC(F)F)[C@@H](CCO[Si](c3ccccc3)(c3ccccc3)C(C)(C)C)CO4)c12)(C(C)C)C(C)C. The van der Waals surface area contributed by atoms with E-state index in [-0.39, 0.29) is 123 Å². The van der Waals surface area contributed by atoms with Crippen molar-refractivity contribution < 1.29 is 40.3 Å². The molecule has 6 aromatic rings. The van der Waals surface area contributed by atoms with E-state index in [0.29, 0.717) is 29.5 Å². The van der Waals surface area contributed by atoms with Gasteiger partial charge in [0, 0.05) is 30.5 Å². The largest absolute Gasteiger partial charge is 0.543 e. The Morgan fingerprint density at radius 3 is 1.96 bits per heavy atom. The third kappa shape index (κ3) is 11.4. The molecule has 0 unspecified atom stereocenters. The van der Waals surface area contributed by atoms with Crippen LogP contribution in [0.3, 0.4) is 0 Å². The van der Waals surface area contributed by atoms with Crippen molar-refractivity contribution in [3.05, 3.63) is 102 Å². The monoisotopic (exact) mass is 1210 g/mol. The second-order valence-electron chi connectivity index (χ2n) is 26.9. The number of fused-ring (bicyclic) bond motifs is 2. The molecule has 5 heterocycles. The molecule has 9 nitrogen and oxygen atoms in total. The van der Waals surface area contributed by atoms with Crippen molar-refractivity contribution in [1.29, 1.82) is 0 Å². The van der Waals surface area contributed by atoms with Crippen LogP contribution in [0.15, 0.2) is 84.9 Å². The van der Waals surface area contributed by atoms with Crippen LogP contribution in [0.25, 0.3) is 32.9 Å². The van der Waals surface area contributed by atoms with Gasteiger partial charge in [-0.1, -0.05) is 177 Å². The van der Waals surface area contributed by atoms with Gasteiger partial charge in [0.2, 0.25) is 5.88 Å². The van der Waals surface area contributed by atoms with Crippen LogP contribution >= 0.6 is 0 Å². The first kappa shape index (κ1) is 63.1. The Morgan fingerprint density at radius 1 is 0.774 bits per heavy atom. The van der Waals surface area contributed by atoms with Gasteiger partial charge in [0.1, 0.15) is 61.4 Å². The molecule has 4 aromatic carbocycles. The Kier molecular flexibility index (Phi) is 18.6. The van der Waals surface area contributed by atoms with E-state index in [4.69, 9.17) is 33.3 Å². The summed E-state index contributed by atoms with van der Waals surface area (Å²) in [5.74, 6) is 2.29. The predicted octanol–water partition coefficient (Wildman–Crippen LogP) is 16.0. The van der Waals surface area contributed by atoms with Crippen molar-refractivity contribution >= 4 is 62.6 Å². The first-order valence-electron chi connectivity index (χ1n) is 30.6. The Balaban J connectivity index is 1.27. The van der Waals surface area contributed by atoms with Crippen molar-refractivity contribution in [2.24, 2.45) is 0 Å². The minimum atomic E-state index is -3.11. The van der Waals surface area contributed by atoms with Crippen LogP contribution in [0.2, 0.25) is 38.3 Å². The maximum absolute atomic E-state index is 18.9. The average molecular weight is 1210 g/mol. The number of nitrogens with zero attached hydrogens (tertiary/aromatic N) is 5. The highest BCUT2D eigenvalue weighted by Gasteiger charge is 2.52. The van der Waals surface area contributed by atoms with Crippen LogP contribution in [-0.2, 0) is 4.43 Å². The number of ether oxygens (including phenoxy) is 2. The molecule has 2 saturated heterocycles. The van der Waals surface area contributed by atoms with Crippen molar-refractivity contribution in [1.82, 2.24) is 19.9 Å². The van der Waals surface area contributed by atoms with Crippen molar-refractivity contribution in [3.8, 4) is 40.4 Å². The molecule has 452 valence electrons. The quantitative estimate of drug-likeness (QED) is 0.0422. The summed E-state index contributed by atoms with van der Waals surface area (Å²) in [6, 6.07) is 26.1. The molecule has 0 saturated carbocycles. The van der Waals surface area contributed by atoms with Gasteiger partial charge in [-0.15, -0.1) is 5.54 Å². The van der Waals surface area contributed by atoms with Crippen LogP contribution < -0.4 is 29.2 Å². The fraction of sp³-hybridized carbons (Fsp3) is 0.537. The highest BCUT2D eigenvalue weighted by atomic mass is 28.4. The maximum Gasteiger partial charge on any atom is 0.319 e.